The van der Waals surface area contributed by atoms with E-state index < -0.39 is 0 Å². The Morgan fingerprint density at radius 1 is 0.889 bits per heavy atom. The second-order valence-corrected chi connectivity index (χ2v) is 5.71. The first-order valence-electron chi connectivity index (χ1n) is 8.29. The lowest BCUT2D eigenvalue weighted by atomic mass is 10.1. The van der Waals surface area contributed by atoms with Crippen molar-refractivity contribution in [1.29, 1.82) is 0 Å². The van der Waals surface area contributed by atoms with Crippen LogP contribution in [0.25, 0.3) is 28.2 Å². The predicted molar refractivity (Wildman–Crippen MR) is 101 cm³/mol. The summed E-state index contributed by atoms with van der Waals surface area (Å²) in [5.74, 6) is 0.457. The van der Waals surface area contributed by atoms with Crippen molar-refractivity contribution in [2.75, 3.05) is 14.2 Å². The SMILES string of the molecule is COc1ncc(-c2cccc(-n3cnc(-c4ccccn4)c3)c2)c(OC)n1. The van der Waals surface area contributed by atoms with E-state index in [4.69, 9.17) is 9.47 Å². The van der Waals surface area contributed by atoms with Gasteiger partial charge in [-0.2, -0.15) is 4.98 Å². The Kier molecular flexibility index (Phi) is 4.49. The molecule has 0 saturated carbocycles. The summed E-state index contributed by atoms with van der Waals surface area (Å²) < 4.78 is 12.4. The molecule has 0 aliphatic heterocycles. The molecule has 0 saturated heterocycles. The summed E-state index contributed by atoms with van der Waals surface area (Å²) in [6, 6.07) is 14.0. The van der Waals surface area contributed by atoms with Gasteiger partial charge in [0.05, 0.1) is 31.8 Å². The highest BCUT2D eigenvalue weighted by molar-refractivity contribution is 5.70. The third-order valence-corrected chi connectivity index (χ3v) is 4.07. The van der Waals surface area contributed by atoms with Crippen LogP contribution in [0.1, 0.15) is 0 Å². The van der Waals surface area contributed by atoms with Gasteiger partial charge in [0, 0.05) is 24.3 Å². The number of imidazole rings is 1. The van der Waals surface area contributed by atoms with Crippen LogP contribution in [0.2, 0.25) is 0 Å². The number of hydrogen-bond acceptors (Lipinski definition) is 6. The second-order valence-electron chi connectivity index (χ2n) is 5.71. The lowest BCUT2D eigenvalue weighted by Crippen LogP contribution is -1.98. The first-order chi connectivity index (χ1) is 13.3. The number of rotatable bonds is 5. The molecule has 27 heavy (non-hydrogen) atoms. The smallest absolute Gasteiger partial charge is 0.319 e. The van der Waals surface area contributed by atoms with Crippen LogP contribution in [0.4, 0.5) is 0 Å². The Bertz CT molecular complexity index is 1060. The quantitative estimate of drug-likeness (QED) is 0.544. The van der Waals surface area contributed by atoms with Gasteiger partial charge in [-0.05, 0) is 29.8 Å². The molecule has 0 aliphatic rings. The molecule has 0 spiro atoms. The van der Waals surface area contributed by atoms with Crippen LogP contribution in [0.15, 0.2) is 67.4 Å². The average molecular weight is 359 g/mol. The monoisotopic (exact) mass is 359 g/mol. The fraction of sp³-hybridized carbons (Fsp3) is 0.100. The summed E-state index contributed by atoms with van der Waals surface area (Å²) in [5.41, 5.74) is 4.31. The minimum atomic E-state index is 0.265. The molecule has 0 N–H and O–H groups in total. The van der Waals surface area contributed by atoms with Crippen molar-refractivity contribution in [1.82, 2.24) is 24.5 Å². The van der Waals surface area contributed by atoms with E-state index in [9.17, 15) is 0 Å². The van der Waals surface area contributed by atoms with Crippen LogP contribution in [-0.4, -0.2) is 38.7 Å². The van der Waals surface area contributed by atoms with Crippen molar-refractivity contribution < 1.29 is 9.47 Å². The summed E-state index contributed by atoms with van der Waals surface area (Å²) >= 11 is 0. The van der Waals surface area contributed by atoms with Crippen molar-refractivity contribution in [2.45, 2.75) is 0 Å². The van der Waals surface area contributed by atoms with Crippen molar-refractivity contribution in [3.63, 3.8) is 0 Å². The fourth-order valence-corrected chi connectivity index (χ4v) is 2.75. The van der Waals surface area contributed by atoms with Crippen LogP contribution in [0, 0.1) is 0 Å². The van der Waals surface area contributed by atoms with Crippen LogP contribution >= 0.6 is 0 Å². The Labute approximate surface area is 156 Å². The zero-order valence-corrected chi connectivity index (χ0v) is 14.9. The molecule has 4 rings (SSSR count). The van der Waals surface area contributed by atoms with Crippen molar-refractivity contribution in [3.8, 4) is 40.1 Å². The molecular weight excluding hydrogens is 342 g/mol. The zero-order valence-electron chi connectivity index (χ0n) is 14.9. The van der Waals surface area contributed by atoms with Crippen LogP contribution in [0.3, 0.4) is 0 Å². The molecule has 0 bridgehead atoms. The van der Waals surface area contributed by atoms with Gasteiger partial charge >= 0.3 is 6.01 Å². The standard InChI is InChI=1S/C20H17N5O2/c1-26-19-16(11-22-20(24-19)27-2)14-6-5-7-15(10-14)25-12-18(23-13-25)17-8-3-4-9-21-17/h3-13H,1-2H3. The summed E-state index contributed by atoms with van der Waals surface area (Å²) in [4.78, 5) is 17.2. The van der Waals surface area contributed by atoms with Crippen LogP contribution in [-0.2, 0) is 0 Å². The van der Waals surface area contributed by atoms with E-state index in [1.54, 1.807) is 25.8 Å². The van der Waals surface area contributed by atoms with Gasteiger partial charge in [0.25, 0.3) is 0 Å². The predicted octanol–water partition coefficient (Wildman–Crippen LogP) is 3.41. The summed E-state index contributed by atoms with van der Waals surface area (Å²) in [7, 11) is 3.09. The van der Waals surface area contributed by atoms with Crippen LogP contribution in [0.5, 0.6) is 11.9 Å². The Balaban J connectivity index is 1.71. The first-order valence-corrected chi connectivity index (χ1v) is 8.29. The van der Waals surface area contributed by atoms with Gasteiger partial charge in [-0.25, -0.2) is 9.97 Å². The van der Waals surface area contributed by atoms with Crippen LogP contribution < -0.4 is 9.47 Å². The molecule has 7 nitrogen and oxygen atoms in total. The van der Waals surface area contributed by atoms with Gasteiger partial charge < -0.3 is 14.0 Å². The Hall–Kier alpha value is -3.74. The minimum absolute atomic E-state index is 0.265. The first kappa shape index (κ1) is 16.7. The molecule has 134 valence electrons. The van der Waals surface area contributed by atoms with Crippen molar-refractivity contribution in [2.24, 2.45) is 0 Å². The molecule has 0 unspecified atom stereocenters. The van der Waals surface area contributed by atoms with Gasteiger partial charge in [-0.1, -0.05) is 18.2 Å². The highest BCUT2D eigenvalue weighted by atomic mass is 16.5. The highest BCUT2D eigenvalue weighted by Crippen LogP contribution is 2.30. The lowest BCUT2D eigenvalue weighted by Gasteiger charge is -2.10. The van der Waals surface area contributed by atoms with E-state index in [1.165, 1.54) is 7.11 Å². The third-order valence-electron chi connectivity index (χ3n) is 4.07. The number of benzene rings is 1. The maximum Gasteiger partial charge on any atom is 0.319 e. The Morgan fingerprint density at radius 2 is 1.81 bits per heavy atom. The highest BCUT2D eigenvalue weighted by Gasteiger charge is 2.12. The third kappa shape index (κ3) is 3.35. The molecule has 3 aromatic heterocycles. The average Bonchev–Trinajstić information content (AvgIpc) is 3.24. The second kappa shape index (κ2) is 7.25. The molecule has 3 heterocycles. The molecule has 0 radical (unpaired) electrons. The van der Waals surface area contributed by atoms with Gasteiger partial charge in [-0.15, -0.1) is 0 Å². The largest absolute Gasteiger partial charge is 0.480 e. The van der Waals surface area contributed by atoms with E-state index in [-0.39, 0.29) is 6.01 Å². The number of methoxy groups -OCH3 is 2. The number of hydrogen-bond donors (Lipinski definition) is 0. The topological polar surface area (TPSA) is 75.0 Å². The summed E-state index contributed by atoms with van der Waals surface area (Å²) in [6.45, 7) is 0. The fourth-order valence-electron chi connectivity index (χ4n) is 2.75. The Morgan fingerprint density at radius 3 is 2.59 bits per heavy atom. The van der Waals surface area contributed by atoms with E-state index in [0.717, 1.165) is 28.2 Å². The van der Waals surface area contributed by atoms with Gasteiger partial charge in [-0.3, -0.25) is 4.98 Å². The summed E-state index contributed by atoms with van der Waals surface area (Å²) in [5, 5.41) is 0. The minimum Gasteiger partial charge on any atom is -0.480 e. The lowest BCUT2D eigenvalue weighted by molar-refractivity contribution is 0.353. The molecule has 0 fully saturated rings. The van der Waals surface area contributed by atoms with Crippen molar-refractivity contribution in [3.05, 3.63) is 67.4 Å². The molecule has 0 aliphatic carbocycles. The maximum atomic E-state index is 5.39. The summed E-state index contributed by atoms with van der Waals surface area (Å²) in [6.07, 6.45) is 7.16. The molecule has 7 heteroatoms. The normalized spacial score (nSPS) is 10.6. The number of ether oxygens (including phenoxy) is 2. The van der Waals surface area contributed by atoms with E-state index >= 15 is 0 Å². The number of nitrogens with zero attached hydrogens (tertiary/aromatic N) is 5. The van der Waals surface area contributed by atoms with Gasteiger partial charge in [0.2, 0.25) is 5.88 Å². The molecule has 1 aromatic carbocycles. The molecular formula is C20H17N5O2. The van der Waals surface area contributed by atoms with Gasteiger partial charge in [0.1, 0.15) is 5.69 Å². The number of aromatic nitrogens is 5. The van der Waals surface area contributed by atoms with E-state index in [2.05, 4.69) is 19.9 Å². The van der Waals surface area contributed by atoms with Crippen molar-refractivity contribution >= 4 is 0 Å². The van der Waals surface area contributed by atoms with E-state index in [1.807, 2.05) is 53.2 Å². The molecule has 4 aromatic rings. The van der Waals surface area contributed by atoms with E-state index in [0.29, 0.717) is 5.88 Å². The maximum absolute atomic E-state index is 5.39. The number of pyridine rings is 1. The van der Waals surface area contributed by atoms with Gasteiger partial charge in [0.15, 0.2) is 0 Å². The molecule has 0 amide bonds. The molecule has 0 atom stereocenters. The zero-order chi connectivity index (χ0) is 18.6.